The van der Waals surface area contributed by atoms with Crippen LogP contribution >= 0.6 is 0 Å². The van der Waals surface area contributed by atoms with E-state index in [9.17, 15) is 4.79 Å². The molecule has 4 rings (SSSR count). The number of hydrazine groups is 1. The molecular formula is C21H22ClN5O2. The second-order valence-electron chi connectivity index (χ2n) is 6.55. The summed E-state index contributed by atoms with van der Waals surface area (Å²) in [5.41, 5.74) is 11.2. The first-order valence-corrected chi connectivity index (χ1v) is 9.22. The molecular weight excluding hydrogens is 390 g/mol. The summed E-state index contributed by atoms with van der Waals surface area (Å²) in [6.07, 6.45) is 0. The first-order valence-electron chi connectivity index (χ1n) is 9.22. The quantitative estimate of drug-likeness (QED) is 0.0768. The monoisotopic (exact) mass is 411 g/mol. The van der Waals surface area contributed by atoms with Crippen molar-refractivity contribution in [1.29, 1.82) is 0 Å². The number of nitrogens with two attached hydrogens (primary N) is 2. The van der Waals surface area contributed by atoms with Crippen LogP contribution in [0.15, 0.2) is 46.9 Å². The van der Waals surface area contributed by atoms with Crippen molar-refractivity contribution >= 4 is 33.5 Å². The van der Waals surface area contributed by atoms with Gasteiger partial charge in [0.1, 0.15) is 24.3 Å². The third kappa shape index (κ3) is 3.39. The molecule has 8 heteroatoms. The van der Waals surface area contributed by atoms with Crippen LogP contribution in [0, 0.1) is 0 Å². The molecule has 7 nitrogen and oxygen atoms in total. The minimum atomic E-state index is -0.404. The number of rotatable bonds is 3. The molecule has 0 bridgehead atoms. The van der Waals surface area contributed by atoms with Crippen LogP contribution in [-0.4, -0.2) is 24.0 Å². The maximum absolute atomic E-state index is 12.1. The minimum Gasteiger partial charge on any atom is -1.00 e. The fourth-order valence-corrected chi connectivity index (χ4v) is 3.64. The van der Waals surface area contributed by atoms with E-state index in [-0.39, 0.29) is 12.4 Å². The van der Waals surface area contributed by atoms with Gasteiger partial charge >= 0.3 is 0 Å². The lowest BCUT2D eigenvalue weighted by atomic mass is 10.0. The van der Waals surface area contributed by atoms with Crippen molar-refractivity contribution in [3.05, 3.63) is 53.4 Å². The van der Waals surface area contributed by atoms with Crippen LogP contribution in [0.1, 0.15) is 24.2 Å². The summed E-state index contributed by atoms with van der Waals surface area (Å²) in [7, 11) is 0. The van der Waals surface area contributed by atoms with Crippen molar-refractivity contribution in [3.8, 4) is 11.5 Å². The minimum absolute atomic E-state index is 0. The molecule has 0 radical (unpaired) electrons. The summed E-state index contributed by atoms with van der Waals surface area (Å²) in [5.74, 6) is 5.60. The van der Waals surface area contributed by atoms with Gasteiger partial charge in [-0.25, -0.2) is 15.4 Å². The SMILES string of the molecule is CC[N+](CC)=c1ccc2nc3c(cc(N)c4c(C(=O)NN)cccc43)oc-2c1.[Cl-]. The van der Waals surface area contributed by atoms with Crippen LogP contribution < -0.4 is 39.3 Å². The Morgan fingerprint density at radius 3 is 2.62 bits per heavy atom. The number of halogens is 1. The molecule has 0 fully saturated rings. The summed E-state index contributed by atoms with van der Waals surface area (Å²) >= 11 is 0. The molecule has 2 aliphatic rings. The van der Waals surface area contributed by atoms with Crippen LogP contribution in [-0.2, 0) is 0 Å². The molecule has 0 aromatic heterocycles. The second-order valence-corrected chi connectivity index (χ2v) is 6.55. The molecule has 0 saturated heterocycles. The van der Waals surface area contributed by atoms with E-state index < -0.39 is 5.91 Å². The number of nitrogen functional groups attached to an aromatic ring is 2. The van der Waals surface area contributed by atoms with Crippen molar-refractivity contribution in [2.24, 2.45) is 5.84 Å². The number of nitrogens with one attached hydrogen (secondary N) is 1. The maximum Gasteiger partial charge on any atom is 0.265 e. The molecule has 150 valence electrons. The normalized spacial score (nSPS) is 10.9. The van der Waals surface area contributed by atoms with Gasteiger partial charge in [0.2, 0.25) is 5.36 Å². The number of anilines is 1. The number of benzene rings is 3. The molecule has 1 aliphatic heterocycles. The van der Waals surface area contributed by atoms with Gasteiger partial charge < -0.3 is 22.6 Å². The highest BCUT2D eigenvalue weighted by Crippen LogP contribution is 2.34. The van der Waals surface area contributed by atoms with Gasteiger partial charge in [0, 0.05) is 28.6 Å². The second kappa shape index (κ2) is 8.06. The van der Waals surface area contributed by atoms with Crippen LogP contribution in [0.2, 0.25) is 0 Å². The Morgan fingerprint density at radius 1 is 1.17 bits per heavy atom. The molecule has 0 spiro atoms. The number of fused-ring (bicyclic) bond motifs is 4. The third-order valence-electron chi connectivity index (χ3n) is 5.03. The van der Waals surface area contributed by atoms with E-state index >= 15 is 0 Å². The fraction of sp³-hybridized carbons (Fsp3) is 0.190. The zero-order valence-corrected chi connectivity index (χ0v) is 17.0. The highest BCUT2D eigenvalue weighted by Gasteiger charge is 2.18. The Balaban J connectivity index is 0.00000240. The molecule has 1 aliphatic carbocycles. The van der Waals surface area contributed by atoms with Gasteiger partial charge in [-0.3, -0.25) is 10.2 Å². The molecule has 1 heterocycles. The van der Waals surface area contributed by atoms with E-state index in [1.807, 2.05) is 24.3 Å². The summed E-state index contributed by atoms with van der Waals surface area (Å²) in [5, 5.41) is 2.44. The molecule has 29 heavy (non-hydrogen) atoms. The Labute approximate surface area is 173 Å². The van der Waals surface area contributed by atoms with E-state index in [1.54, 1.807) is 18.2 Å². The summed E-state index contributed by atoms with van der Waals surface area (Å²) in [4.78, 5) is 16.9. The molecule has 0 saturated carbocycles. The maximum atomic E-state index is 12.1. The molecule has 2 aromatic carbocycles. The standard InChI is InChI=1S/C21H21N5O2.ClH/c1-3-26(4-2)12-8-9-16-17(10-12)28-18-11-15(22)19-13(20(18)24-16)6-5-7-14(19)21(27)25-23;/h5-11H,3-4H2,1-2H3,(H4,22,23,24,25,27);1H. The molecule has 0 atom stereocenters. The lowest BCUT2D eigenvalue weighted by molar-refractivity contribution is -0.0000144. The van der Waals surface area contributed by atoms with Crippen molar-refractivity contribution in [3.63, 3.8) is 0 Å². The van der Waals surface area contributed by atoms with E-state index in [0.717, 1.165) is 29.5 Å². The van der Waals surface area contributed by atoms with Crippen molar-refractivity contribution < 1.29 is 21.6 Å². The lowest BCUT2D eigenvalue weighted by Gasteiger charge is -2.12. The number of amides is 1. The predicted molar refractivity (Wildman–Crippen MR) is 111 cm³/mol. The number of hydrogen-bond acceptors (Lipinski definition) is 5. The Bertz CT molecular complexity index is 1260. The van der Waals surface area contributed by atoms with E-state index in [4.69, 9.17) is 21.0 Å². The molecule has 1 amide bonds. The Kier molecular flexibility index (Phi) is 5.72. The van der Waals surface area contributed by atoms with Crippen molar-refractivity contribution in [1.82, 2.24) is 15.0 Å². The van der Waals surface area contributed by atoms with Crippen LogP contribution in [0.3, 0.4) is 0 Å². The molecule has 5 N–H and O–H groups in total. The Hall–Kier alpha value is -3.16. The number of carbonyl (C=O) groups excluding carboxylic acids is 1. The van der Waals surface area contributed by atoms with Gasteiger partial charge in [0.05, 0.1) is 11.6 Å². The van der Waals surface area contributed by atoms with E-state index in [0.29, 0.717) is 33.5 Å². The van der Waals surface area contributed by atoms with Crippen molar-refractivity contribution in [2.75, 3.05) is 18.8 Å². The van der Waals surface area contributed by atoms with Gasteiger partial charge in [-0.2, -0.15) is 0 Å². The summed E-state index contributed by atoms with van der Waals surface area (Å²) < 4.78 is 8.39. The summed E-state index contributed by atoms with van der Waals surface area (Å²) in [6, 6.07) is 13.0. The third-order valence-corrected chi connectivity index (χ3v) is 5.03. The highest BCUT2D eigenvalue weighted by atomic mass is 35.5. The van der Waals surface area contributed by atoms with Gasteiger partial charge in [-0.1, -0.05) is 12.1 Å². The number of hydrogen-bond donors (Lipinski definition) is 3. The van der Waals surface area contributed by atoms with Crippen LogP contribution in [0.5, 0.6) is 0 Å². The van der Waals surface area contributed by atoms with E-state index in [1.165, 1.54) is 0 Å². The first-order chi connectivity index (χ1) is 13.6. The van der Waals surface area contributed by atoms with Gasteiger partial charge in [-0.15, -0.1) is 0 Å². The van der Waals surface area contributed by atoms with Crippen LogP contribution in [0.4, 0.5) is 5.69 Å². The first kappa shape index (κ1) is 20.6. The van der Waals surface area contributed by atoms with Crippen LogP contribution in [0.25, 0.3) is 33.3 Å². The fourth-order valence-electron chi connectivity index (χ4n) is 3.64. The average molecular weight is 412 g/mol. The zero-order valence-electron chi connectivity index (χ0n) is 16.2. The number of carbonyl (C=O) groups is 1. The average Bonchev–Trinajstić information content (AvgIpc) is 2.72. The van der Waals surface area contributed by atoms with Gasteiger partial charge in [0.25, 0.3) is 5.91 Å². The Morgan fingerprint density at radius 2 is 1.93 bits per heavy atom. The largest absolute Gasteiger partial charge is 1.00 e. The lowest BCUT2D eigenvalue weighted by Crippen LogP contribution is -3.00. The van der Waals surface area contributed by atoms with Gasteiger partial charge in [0.15, 0.2) is 11.3 Å². The number of nitrogens with zero attached hydrogens (tertiary/aromatic N) is 2. The topological polar surface area (TPSA) is 110 Å². The highest BCUT2D eigenvalue weighted by molar-refractivity contribution is 6.18. The van der Waals surface area contributed by atoms with E-state index in [2.05, 4.69) is 23.8 Å². The number of aromatic nitrogens is 1. The zero-order chi connectivity index (χ0) is 19.8. The molecule has 0 unspecified atom stereocenters. The van der Waals surface area contributed by atoms with Gasteiger partial charge in [-0.05, 0) is 26.0 Å². The smallest absolute Gasteiger partial charge is 0.265 e. The van der Waals surface area contributed by atoms with Crippen molar-refractivity contribution in [2.45, 2.75) is 13.8 Å². The summed E-state index contributed by atoms with van der Waals surface area (Å²) in [6.45, 7) is 6.05. The molecule has 2 aromatic rings. The predicted octanol–water partition coefficient (Wildman–Crippen LogP) is -0.912.